The van der Waals surface area contributed by atoms with E-state index in [4.69, 9.17) is 4.74 Å². The van der Waals surface area contributed by atoms with Gasteiger partial charge in [0, 0.05) is 0 Å². The molecule has 1 rings (SSSR count). The van der Waals surface area contributed by atoms with Crippen LogP contribution in [0.15, 0.2) is 40.9 Å². The summed E-state index contributed by atoms with van der Waals surface area (Å²) in [4.78, 5) is 11.8. The van der Waals surface area contributed by atoms with E-state index >= 15 is 0 Å². The molecule has 0 saturated carbocycles. The van der Waals surface area contributed by atoms with E-state index in [0.717, 1.165) is 0 Å². The standard InChI is InChI=1S/C14H18O3Se/c1-4-17-14(15)13(10-11(2)3)18(16)12-8-6-5-7-9-12/h5-11H,4H2,1-3H3/b13-10+. The molecule has 0 N–H and O–H groups in total. The molecule has 1 aromatic rings. The molecule has 0 saturated heterocycles. The van der Waals surface area contributed by atoms with E-state index in [9.17, 15) is 8.63 Å². The molecule has 4 heteroatoms. The van der Waals surface area contributed by atoms with Gasteiger partial charge in [-0.25, -0.2) is 0 Å². The number of hydrogen-bond donors (Lipinski definition) is 0. The predicted octanol–water partition coefficient (Wildman–Crippen LogP) is 2.00. The third kappa shape index (κ3) is 4.21. The Labute approximate surface area is 112 Å². The number of ether oxygens (including phenoxy) is 1. The van der Waals surface area contributed by atoms with E-state index < -0.39 is 19.8 Å². The van der Waals surface area contributed by atoms with Crippen molar-refractivity contribution >= 4 is 24.3 Å². The van der Waals surface area contributed by atoms with Gasteiger partial charge in [0.15, 0.2) is 0 Å². The third-order valence-electron chi connectivity index (χ3n) is 2.12. The molecule has 3 nitrogen and oxygen atoms in total. The maximum absolute atomic E-state index is 12.4. The molecule has 1 unspecified atom stereocenters. The van der Waals surface area contributed by atoms with E-state index in [-0.39, 0.29) is 5.92 Å². The van der Waals surface area contributed by atoms with Crippen molar-refractivity contribution in [2.75, 3.05) is 6.61 Å². The zero-order valence-corrected chi connectivity index (χ0v) is 12.6. The molecule has 0 radical (unpaired) electrons. The summed E-state index contributed by atoms with van der Waals surface area (Å²) in [7, 11) is 0. The maximum atomic E-state index is 12.4. The fourth-order valence-corrected chi connectivity index (χ4v) is 4.03. The Morgan fingerprint density at radius 1 is 1.33 bits per heavy atom. The van der Waals surface area contributed by atoms with Crippen LogP contribution < -0.4 is 4.46 Å². The van der Waals surface area contributed by atoms with Crippen molar-refractivity contribution in [1.82, 2.24) is 0 Å². The first-order valence-electron chi connectivity index (χ1n) is 5.92. The Hall–Kier alpha value is -1.25. The van der Waals surface area contributed by atoms with Gasteiger partial charge in [0.2, 0.25) is 0 Å². The summed E-state index contributed by atoms with van der Waals surface area (Å²) >= 11 is -2.53. The minimum atomic E-state index is -2.53. The van der Waals surface area contributed by atoms with Gasteiger partial charge in [-0.3, -0.25) is 0 Å². The number of carbonyl (C=O) groups is 1. The Morgan fingerprint density at radius 3 is 2.44 bits per heavy atom. The Balaban J connectivity index is 3.05. The molecule has 0 heterocycles. The van der Waals surface area contributed by atoms with Gasteiger partial charge in [0.05, 0.1) is 0 Å². The Bertz CT molecular complexity index is 449. The average Bonchev–Trinajstić information content (AvgIpc) is 2.36. The van der Waals surface area contributed by atoms with Gasteiger partial charge < -0.3 is 0 Å². The molecule has 0 aliphatic heterocycles. The molecule has 98 valence electrons. The summed E-state index contributed by atoms with van der Waals surface area (Å²) in [6, 6.07) is 9.07. The van der Waals surface area contributed by atoms with Crippen molar-refractivity contribution in [2.45, 2.75) is 20.8 Å². The first-order valence-corrected chi connectivity index (χ1v) is 8.33. The number of allylic oxidation sites excluding steroid dienone is 1. The summed E-state index contributed by atoms with van der Waals surface area (Å²) in [5.41, 5.74) is 0. The van der Waals surface area contributed by atoms with E-state index in [1.54, 1.807) is 25.1 Å². The monoisotopic (exact) mass is 314 g/mol. The summed E-state index contributed by atoms with van der Waals surface area (Å²) in [5.74, 6) is -0.302. The second-order valence-electron chi connectivity index (χ2n) is 4.08. The number of esters is 1. The molecule has 0 amide bonds. The van der Waals surface area contributed by atoms with Crippen LogP contribution in [0.25, 0.3) is 0 Å². The molecule has 0 fully saturated rings. The van der Waals surface area contributed by atoms with Crippen molar-refractivity contribution in [3.05, 3.63) is 40.9 Å². The van der Waals surface area contributed by atoms with E-state index in [1.807, 2.05) is 32.0 Å². The van der Waals surface area contributed by atoms with Crippen molar-refractivity contribution in [3.63, 3.8) is 0 Å². The van der Waals surface area contributed by atoms with Crippen LogP contribution in [0.5, 0.6) is 0 Å². The van der Waals surface area contributed by atoms with E-state index in [2.05, 4.69) is 0 Å². The van der Waals surface area contributed by atoms with Gasteiger partial charge in [0.1, 0.15) is 0 Å². The predicted molar refractivity (Wildman–Crippen MR) is 72.1 cm³/mol. The third-order valence-corrected chi connectivity index (χ3v) is 5.06. The zero-order valence-electron chi connectivity index (χ0n) is 10.9. The van der Waals surface area contributed by atoms with Crippen molar-refractivity contribution < 1.29 is 13.4 Å². The van der Waals surface area contributed by atoms with Gasteiger partial charge in [-0.2, -0.15) is 0 Å². The van der Waals surface area contributed by atoms with Crippen LogP contribution in [0.2, 0.25) is 0 Å². The number of benzene rings is 1. The minimum absolute atomic E-state index is 0.160. The van der Waals surface area contributed by atoms with Crippen molar-refractivity contribution in [3.8, 4) is 0 Å². The second-order valence-corrected chi connectivity index (χ2v) is 7.12. The van der Waals surface area contributed by atoms with Gasteiger partial charge in [-0.15, -0.1) is 0 Å². The Morgan fingerprint density at radius 2 is 1.94 bits per heavy atom. The topological polar surface area (TPSA) is 43.4 Å². The zero-order chi connectivity index (χ0) is 13.5. The van der Waals surface area contributed by atoms with Crippen LogP contribution in [-0.2, 0) is 13.4 Å². The molecule has 1 atom stereocenters. The summed E-state index contributed by atoms with van der Waals surface area (Å²) in [6.07, 6.45) is 1.74. The quantitative estimate of drug-likeness (QED) is 0.474. The molecule has 0 aliphatic rings. The number of hydrogen-bond acceptors (Lipinski definition) is 3. The normalized spacial score (nSPS) is 13.4. The van der Waals surface area contributed by atoms with Crippen LogP contribution in [0, 0.1) is 5.92 Å². The fourth-order valence-electron chi connectivity index (χ4n) is 1.38. The van der Waals surface area contributed by atoms with E-state index in [1.165, 1.54) is 0 Å². The van der Waals surface area contributed by atoms with E-state index in [0.29, 0.717) is 15.5 Å². The first kappa shape index (κ1) is 14.8. The summed E-state index contributed by atoms with van der Waals surface area (Å²) in [5, 5.41) is 0. The Kier molecular flexibility index (Phi) is 5.96. The molecular weight excluding hydrogens is 295 g/mol. The molecule has 1 aromatic carbocycles. The van der Waals surface area contributed by atoms with Crippen LogP contribution in [-0.4, -0.2) is 26.4 Å². The van der Waals surface area contributed by atoms with Crippen LogP contribution in [0.4, 0.5) is 0 Å². The molecule has 0 aromatic heterocycles. The van der Waals surface area contributed by atoms with Crippen LogP contribution in [0.3, 0.4) is 0 Å². The van der Waals surface area contributed by atoms with Gasteiger partial charge in [-0.05, 0) is 0 Å². The molecule has 18 heavy (non-hydrogen) atoms. The van der Waals surface area contributed by atoms with Gasteiger partial charge in [-0.1, -0.05) is 0 Å². The average molecular weight is 313 g/mol. The number of carbonyl (C=O) groups excluding carboxylic acids is 1. The fraction of sp³-hybridized carbons (Fsp3) is 0.357. The first-order chi connectivity index (χ1) is 8.56. The number of rotatable bonds is 5. The van der Waals surface area contributed by atoms with Crippen LogP contribution >= 0.6 is 0 Å². The molecule has 0 bridgehead atoms. The van der Waals surface area contributed by atoms with Crippen molar-refractivity contribution in [2.24, 2.45) is 5.92 Å². The van der Waals surface area contributed by atoms with Crippen molar-refractivity contribution in [1.29, 1.82) is 0 Å². The molecule has 0 aliphatic carbocycles. The molecule has 0 spiro atoms. The second kappa shape index (κ2) is 7.24. The SMILES string of the molecule is CCOC(=O)/C(=C\C(C)C)[Se](=O)c1ccccc1. The summed E-state index contributed by atoms with van der Waals surface area (Å²) < 4.78 is 18.4. The van der Waals surface area contributed by atoms with Gasteiger partial charge >= 0.3 is 112 Å². The van der Waals surface area contributed by atoms with Crippen LogP contribution in [0.1, 0.15) is 20.8 Å². The summed E-state index contributed by atoms with van der Waals surface area (Å²) in [6.45, 7) is 5.93. The molecular formula is C14H18O3Se. The van der Waals surface area contributed by atoms with Gasteiger partial charge in [0.25, 0.3) is 0 Å².